The SMILES string of the molecule is CCc1nn2ccnc2cc1C. The van der Waals surface area contributed by atoms with Crippen LogP contribution in [-0.2, 0) is 6.42 Å². The highest BCUT2D eigenvalue weighted by Gasteiger charge is 2.00. The molecule has 0 bridgehead atoms. The molecule has 2 aromatic heterocycles. The van der Waals surface area contributed by atoms with Gasteiger partial charge in [-0.05, 0) is 25.0 Å². The second-order valence-electron chi connectivity index (χ2n) is 2.86. The van der Waals surface area contributed by atoms with Crippen molar-refractivity contribution >= 4 is 5.65 Å². The predicted molar refractivity (Wildman–Crippen MR) is 47.1 cm³/mol. The molecular weight excluding hydrogens is 150 g/mol. The van der Waals surface area contributed by atoms with Crippen LogP contribution < -0.4 is 0 Å². The molecule has 3 nitrogen and oxygen atoms in total. The van der Waals surface area contributed by atoms with Crippen LogP contribution in [0.3, 0.4) is 0 Å². The average molecular weight is 161 g/mol. The third-order valence-corrected chi connectivity index (χ3v) is 2.01. The van der Waals surface area contributed by atoms with E-state index in [0.29, 0.717) is 0 Å². The Morgan fingerprint density at radius 1 is 1.50 bits per heavy atom. The van der Waals surface area contributed by atoms with Crippen molar-refractivity contribution < 1.29 is 0 Å². The van der Waals surface area contributed by atoms with E-state index in [9.17, 15) is 0 Å². The lowest BCUT2D eigenvalue weighted by molar-refractivity contribution is 0.849. The number of aromatic nitrogens is 3. The van der Waals surface area contributed by atoms with Gasteiger partial charge in [-0.25, -0.2) is 9.50 Å². The van der Waals surface area contributed by atoms with Crippen LogP contribution in [0.1, 0.15) is 18.2 Å². The first-order valence-electron chi connectivity index (χ1n) is 4.11. The van der Waals surface area contributed by atoms with Gasteiger partial charge in [-0.3, -0.25) is 0 Å². The smallest absolute Gasteiger partial charge is 0.153 e. The zero-order valence-electron chi connectivity index (χ0n) is 7.28. The monoisotopic (exact) mass is 161 g/mol. The molecule has 0 aromatic carbocycles. The van der Waals surface area contributed by atoms with E-state index in [1.54, 1.807) is 6.20 Å². The minimum atomic E-state index is 0.921. The van der Waals surface area contributed by atoms with Gasteiger partial charge in [0.1, 0.15) is 0 Å². The molecule has 0 amide bonds. The van der Waals surface area contributed by atoms with Crippen molar-refractivity contribution in [2.75, 3.05) is 0 Å². The first kappa shape index (κ1) is 7.28. The zero-order valence-corrected chi connectivity index (χ0v) is 7.28. The van der Waals surface area contributed by atoms with Crippen molar-refractivity contribution in [3.05, 3.63) is 29.7 Å². The van der Waals surface area contributed by atoms with Crippen molar-refractivity contribution in [3.63, 3.8) is 0 Å². The lowest BCUT2D eigenvalue weighted by atomic mass is 10.2. The number of aryl methyl sites for hydroxylation is 2. The molecule has 0 fully saturated rings. The molecule has 0 unspecified atom stereocenters. The third-order valence-electron chi connectivity index (χ3n) is 2.01. The fourth-order valence-electron chi connectivity index (χ4n) is 1.33. The Kier molecular flexibility index (Phi) is 1.57. The van der Waals surface area contributed by atoms with Crippen molar-refractivity contribution in [1.29, 1.82) is 0 Å². The van der Waals surface area contributed by atoms with Gasteiger partial charge in [0.05, 0.1) is 5.69 Å². The number of rotatable bonds is 1. The van der Waals surface area contributed by atoms with Gasteiger partial charge >= 0.3 is 0 Å². The third kappa shape index (κ3) is 0.978. The van der Waals surface area contributed by atoms with Crippen molar-refractivity contribution in [2.45, 2.75) is 20.3 Å². The van der Waals surface area contributed by atoms with Gasteiger partial charge in [-0.2, -0.15) is 5.10 Å². The fourth-order valence-corrected chi connectivity index (χ4v) is 1.33. The highest BCUT2D eigenvalue weighted by molar-refractivity contribution is 5.40. The molecule has 62 valence electrons. The van der Waals surface area contributed by atoms with E-state index in [1.165, 1.54) is 5.56 Å². The van der Waals surface area contributed by atoms with Crippen LogP contribution in [0.5, 0.6) is 0 Å². The lowest BCUT2D eigenvalue weighted by Gasteiger charge is -2.01. The highest BCUT2D eigenvalue weighted by atomic mass is 15.2. The molecule has 0 spiro atoms. The molecule has 0 atom stereocenters. The minimum absolute atomic E-state index is 0.921. The normalized spacial score (nSPS) is 10.8. The summed E-state index contributed by atoms with van der Waals surface area (Å²) in [7, 11) is 0. The second-order valence-corrected chi connectivity index (χ2v) is 2.86. The Morgan fingerprint density at radius 2 is 2.33 bits per heavy atom. The molecule has 0 aliphatic heterocycles. The Balaban J connectivity index is 2.73. The second kappa shape index (κ2) is 2.59. The highest BCUT2D eigenvalue weighted by Crippen LogP contribution is 2.07. The van der Waals surface area contributed by atoms with E-state index >= 15 is 0 Å². The topological polar surface area (TPSA) is 30.2 Å². The number of fused-ring (bicyclic) bond motifs is 1. The summed E-state index contributed by atoms with van der Waals surface area (Å²) in [4.78, 5) is 4.16. The van der Waals surface area contributed by atoms with E-state index in [0.717, 1.165) is 17.8 Å². The maximum Gasteiger partial charge on any atom is 0.153 e. The molecule has 12 heavy (non-hydrogen) atoms. The van der Waals surface area contributed by atoms with Gasteiger partial charge in [0.15, 0.2) is 5.65 Å². The Bertz CT molecular complexity index is 403. The summed E-state index contributed by atoms with van der Waals surface area (Å²) in [6.45, 7) is 4.18. The summed E-state index contributed by atoms with van der Waals surface area (Å²) >= 11 is 0. The van der Waals surface area contributed by atoms with E-state index in [4.69, 9.17) is 0 Å². The summed E-state index contributed by atoms with van der Waals surface area (Å²) < 4.78 is 1.81. The van der Waals surface area contributed by atoms with Crippen LogP contribution in [0.4, 0.5) is 0 Å². The molecule has 0 saturated carbocycles. The first-order valence-corrected chi connectivity index (χ1v) is 4.11. The van der Waals surface area contributed by atoms with Crippen LogP contribution in [0.15, 0.2) is 18.5 Å². The molecule has 0 radical (unpaired) electrons. The Morgan fingerprint density at radius 3 is 3.08 bits per heavy atom. The average Bonchev–Trinajstić information content (AvgIpc) is 2.49. The quantitative estimate of drug-likeness (QED) is 0.636. The maximum atomic E-state index is 4.41. The van der Waals surface area contributed by atoms with Gasteiger partial charge in [0, 0.05) is 12.4 Å². The van der Waals surface area contributed by atoms with Gasteiger partial charge in [-0.15, -0.1) is 0 Å². The number of hydrogen-bond acceptors (Lipinski definition) is 2. The van der Waals surface area contributed by atoms with E-state index < -0.39 is 0 Å². The van der Waals surface area contributed by atoms with Crippen LogP contribution >= 0.6 is 0 Å². The number of imidazole rings is 1. The van der Waals surface area contributed by atoms with Crippen LogP contribution in [-0.4, -0.2) is 14.6 Å². The zero-order chi connectivity index (χ0) is 8.55. The van der Waals surface area contributed by atoms with Gasteiger partial charge < -0.3 is 0 Å². The summed E-state index contributed by atoms with van der Waals surface area (Å²) in [5.41, 5.74) is 3.28. The van der Waals surface area contributed by atoms with Gasteiger partial charge in [0.2, 0.25) is 0 Å². The summed E-state index contributed by atoms with van der Waals surface area (Å²) in [5, 5.41) is 4.41. The van der Waals surface area contributed by atoms with Crippen molar-refractivity contribution in [3.8, 4) is 0 Å². The molecule has 2 rings (SSSR count). The van der Waals surface area contributed by atoms with Gasteiger partial charge in [-0.1, -0.05) is 6.92 Å². The summed E-state index contributed by atoms with van der Waals surface area (Å²) in [5.74, 6) is 0. The van der Waals surface area contributed by atoms with Crippen LogP contribution in [0.2, 0.25) is 0 Å². The largest absolute Gasteiger partial charge is 0.236 e. The molecule has 0 aliphatic rings. The molecular formula is C9H11N3. The Labute approximate surface area is 71.1 Å². The van der Waals surface area contributed by atoms with E-state index in [1.807, 2.05) is 10.7 Å². The van der Waals surface area contributed by atoms with Crippen molar-refractivity contribution in [1.82, 2.24) is 14.6 Å². The number of nitrogens with zero attached hydrogens (tertiary/aromatic N) is 3. The first-order chi connectivity index (χ1) is 5.81. The van der Waals surface area contributed by atoms with Gasteiger partial charge in [0.25, 0.3) is 0 Å². The fraction of sp³-hybridized carbons (Fsp3) is 0.333. The van der Waals surface area contributed by atoms with E-state index in [2.05, 4.69) is 30.0 Å². The predicted octanol–water partition coefficient (Wildman–Crippen LogP) is 1.60. The lowest BCUT2D eigenvalue weighted by Crippen LogP contribution is -1.98. The maximum absolute atomic E-state index is 4.41. The number of hydrogen-bond donors (Lipinski definition) is 0. The molecule has 3 heteroatoms. The van der Waals surface area contributed by atoms with Crippen molar-refractivity contribution in [2.24, 2.45) is 0 Å². The van der Waals surface area contributed by atoms with Crippen LogP contribution in [0.25, 0.3) is 5.65 Å². The standard InChI is InChI=1S/C9H11N3/c1-3-8-7(2)6-9-10-4-5-12(9)11-8/h4-6H,3H2,1-2H3. The Hall–Kier alpha value is -1.38. The summed E-state index contributed by atoms with van der Waals surface area (Å²) in [6, 6.07) is 2.06. The van der Waals surface area contributed by atoms with Crippen LogP contribution in [0, 0.1) is 6.92 Å². The molecule has 0 N–H and O–H groups in total. The molecule has 0 saturated heterocycles. The summed E-state index contributed by atoms with van der Waals surface area (Å²) in [6.07, 6.45) is 4.61. The molecule has 2 aromatic rings. The van der Waals surface area contributed by atoms with E-state index in [-0.39, 0.29) is 0 Å². The molecule has 2 heterocycles. The molecule has 0 aliphatic carbocycles. The minimum Gasteiger partial charge on any atom is -0.236 e.